The van der Waals surface area contributed by atoms with Gasteiger partial charge in [0.1, 0.15) is 0 Å². The van der Waals surface area contributed by atoms with Crippen LogP contribution in [0.5, 0.6) is 0 Å². The van der Waals surface area contributed by atoms with E-state index in [0.29, 0.717) is 6.04 Å². The van der Waals surface area contributed by atoms with Gasteiger partial charge in [0.05, 0.1) is 11.9 Å². The number of rotatable bonds is 3. The average Bonchev–Trinajstić information content (AvgIpc) is 2.88. The predicted octanol–water partition coefficient (Wildman–Crippen LogP) is 1.27. The lowest BCUT2D eigenvalue weighted by Crippen LogP contribution is -2.48. The smallest absolute Gasteiger partial charge is 0.0710 e. The molecule has 0 unspecified atom stereocenters. The zero-order valence-electron chi connectivity index (χ0n) is 11.1. The largest absolute Gasteiger partial charge is 0.312 e. The Morgan fingerprint density at radius 1 is 1.42 bits per heavy atom. The van der Waals surface area contributed by atoms with Crippen molar-refractivity contribution in [1.82, 2.24) is 25.4 Å². The molecule has 0 bridgehead atoms. The van der Waals surface area contributed by atoms with E-state index in [0.717, 1.165) is 37.4 Å². The molecule has 2 N–H and O–H groups in total. The van der Waals surface area contributed by atoms with Crippen molar-refractivity contribution in [1.29, 1.82) is 0 Å². The van der Waals surface area contributed by atoms with E-state index >= 15 is 0 Å². The zero-order valence-corrected chi connectivity index (χ0v) is 11.1. The number of aromatic nitrogens is 3. The number of pyridine rings is 1. The summed E-state index contributed by atoms with van der Waals surface area (Å²) in [7, 11) is 0. The third-order valence-corrected chi connectivity index (χ3v) is 3.51. The van der Waals surface area contributed by atoms with Crippen LogP contribution in [0.15, 0.2) is 30.7 Å². The van der Waals surface area contributed by atoms with Gasteiger partial charge in [-0.3, -0.25) is 15.0 Å². The maximum Gasteiger partial charge on any atom is 0.0710 e. The SMILES string of the molecule is C[C@H]1CN(Cc2cn[nH]c2-c2cccnc2)CCN1. The van der Waals surface area contributed by atoms with Gasteiger partial charge in [0.25, 0.3) is 0 Å². The molecule has 100 valence electrons. The summed E-state index contributed by atoms with van der Waals surface area (Å²) in [4.78, 5) is 6.63. The first kappa shape index (κ1) is 12.3. The van der Waals surface area contributed by atoms with Crippen LogP contribution in [-0.2, 0) is 6.54 Å². The molecule has 0 aliphatic carbocycles. The second kappa shape index (κ2) is 5.50. The summed E-state index contributed by atoms with van der Waals surface area (Å²) in [6.45, 7) is 6.39. The Bertz CT molecular complexity index is 522. The van der Waals surface area contributed by atoms with Crippen molar-refractivity contribution in [2.24, 2.45) is 0 Å². The van der Waals surface area contributed by atoms with Gasteiger partial charge in [0.2, 0.25) is 0 Å². The molecule has 5 nitrogen and oxygen atoms in total. The number of H-pyrrole nitrogens is 1. The molecule has 0 radical (unpaired) electrons. The van der Waals surface area contributed by atoms with Crippen LogP contribution in [0.2, 0.25) is 0 Å². The molecule has 2 aromatic rings. The van der Waals surface area contributed by atoms with Crippen LogP contribution in [0.3, 0.4) is 0 Å². The number of hydrogen-bond donors (Lipinski definition) is 2. The molecular weight excluding hydrogens is 238 g/mol. The fourth-order valence-electron chi connectivity index (χ4n) is 2.59. The van der Waals surface area contributed by atoms with E-state index in [1.54, 1.807) is 6.20 Å². The van der Waals surface area contributed by atoms with Gasteiger partial charge in [-0.15, -0.1) is 0 Å². The summed E-state index contributed by atoms with van der Waals surface area (Å²) in [5.41, 5.74) is 3.42. The van der Waals surface area contributed by atoms with Gasteiger partial charge in [0.15, 0.2) is 0 Å². The summed E-state index contributed by atoms with van der Waals surface area (Å²) in [6.07, 6.45) is 5.59. The first-order valence-electron chi connectivity index (χ1n) is 6.71. The van der Waals surface area contributed by atoms with Crippen LogP contribution >= 0.6 is 0 Å². The molecule has 2 aromatic heterocycles. The molecule has 19 heavy (non-hydrogen) atoms. The molecule has 0 aromatic carbocycles. The van der Waals surface area contributed by atoms with Gasteiger partial charge in [-0.05, 0) is 19.1 Å². The third-order valence-electron chi connectivity index (χ3n) is 3.51. The number of hydrogen-bond acceptors (Lipinski definition) is 4. The van der Waals surface area contributed by atoms with Crippen LogP contribution in [0.4, 0.5) is 0 Å². The number of piperazine rings is 1. The fourth-order valence-corrected chi connectivity index (χ4v) is 2.59. The summed E-state index contributed by atoms with van der Waals surface area (Å²) < 4.78 is 0. The molecular formula is C14H19N5. The van der Waals surface area contributed by atoms with E-state index in [2.05, 4.69) is 38.4 Å². The van der Waals surface area contributed by atoms with E-state index in [9.17, 15) is 0 Å². The Kier molecular flexibility index (Phi) is 3.57. The van der Waals surface area contributed by atoms with E-state index in [1.165, 1.54) is 5.56 Å². The Labute approximate surface area is 113 Å². The predicted molar refractivity (Wildman–Crippen MR) is 74.6 cm³/mol. The second-order valence-electron chi connectivity index (χ2n) is 5.10. The normalized spacial score (nSPS) is 20.6. The van der Waals surface area contributed by atoms with Crippen LogP contribution in [0.25, 0.3) is 11.3 Å². The standard InChI is InChI=1S/C14H19N5/c1-11-9-19(6-5-16-11)10-13-8-17-18-14(13)12-3-2-4-15-7-12/h2-4,7-8,11,16H,5-6,9-10H2,1H3,(H,17,18)/t11-/m0/s1. The minimum atomic E-state index is 0.558. The highest BCUT2D eigenvalue weighted by Gasteiger charge is 2.17. The molecule has 0 spiro atoms. The minimum Gasteiger partial charge on any atom is -0.312 e. The van der Waals surface area contributed by atoms with Crippen molar-refractivity contribution in [3.63, 3.8) is 0 Å². The van der Waals surface area contributed by atoms with Crippen molar-refractivity contribution < 1.29 is 0 Å². The topological polar surface area (TPSA) is 56.8 Å². The Morgan fingerprint density at radius 2 is 2.37 bits per heavy atom. The van der Waals surface area contributed by atoms with E-state index < -0.39 is 0 Å². The van der Waals surface area contributed by atoms with Crippen LogP contribution in [0.1, 0.15) is 12.5 Å². The fraction of sp³-hybridized carbons (Fsp3) is 0.429. The highest BCUT2D eigenvalue weighted by Crippen LogP contribution is 2.21. The van der Waals surface area contributed by atoms with Gasteiger partial charge in [-0.25, -0.2) is 0 Å². The molecule has 1 atom stereocenters. The zero-order chi connectivity index (χ0) is 13.1. The lowest BCUT2D eigenvalue weighted by molar-refractivity contribution is 0.200. The van der Waals surface area contributed by atoms with Gasteiger partial charge in [-0.1, -0.05) is 0 Å². The van der Waals surface area contributed by atoms with Gasteiger partial charge < -0.3 is 5.32 Å². The van der Waals surface area contributed by atoms with Crippen LogP contribution in [0, 0.1) is 0 Å². The van der Waals surface area contributed by atoms with Crippen molar-refractivity contribution >= 4 is 0 Å². The van der Waals surface area contributed by atoms with Crippen molar-refractivity contribution in [3.05, 3.63) is 36.3 Å². The summed E-state index contributed by atoms with van der Waals surface area (Å²) in [5, 5.41) is 10.7. The molecule has 0 amide bonds. The maximum atomic E-state index is 4.19. The highest BCUT2D eigenvalue weighted by molar-refractivity contribution is 5.61. The first-order chi connectivity index (χ1) is 9.33. The van der Waals surface area contributed by atoms with Crippen molar-refractivity contribution in [2.75, 3.05) is 19.6 Å². The number of nitrogens with one attached hydrogen (secondary N) is 2. The lowest BCUT2D eigenvalue weighted by Gasteiger charge is -2.31. The molecule has 1 saturated heterocycles. The average molecular weight is 257 g/mol. The molecule has 1 aliphatic heterocycles. The second-order valence-corrected chi connectivity index (χ2v) is 5.10. The Balaban J connectivity index is 1.77. The number of aromatic amines is 1. The maximum absolute atomic E-state index is 4.19. The van der Waals surface area contributed by atoms with Crippen molar-refractivity contribution in [2.45, 2.75) is 19.5 Å². The molecule has 0 saturated carbocycles. The number of nitrogens with zero attached hydrogens (tertiary/aromatic N) is 3. The van der Waals surface area contributed by atoms with E-state index in [-0.39, 0.29) is 0 Å². The molecule has 3 heterocycles. The Hall–Kier alpha value is -1.72. The summed E-state index contributed by atoms with van der Waals surface area (Å²) >= 11 is 0. The van der Waals surface area contributed by atoms with Crippen LogP contribution in [-0.4, -0.2) is 45.8 Å². The quantitative estimate of drug-likeness (QED) is 0.869. The lowest BCUT2D eigenvalue weighted by atomic mass is 10.1. The molecule has 5 heteroatoms. The van der Waals surface area contributed by atoms with E-state index in [1.807, 2.05) is 18.5 Å². The van der Waals surface area contributed by atoms with Crippen molar-refractivity contribution in [3.8, 4) is 11.3 Å². The van der Waals surface area contributed by atoms with Crippen LogP contribution < -0.4 is 5.32 Å². The van der Waals surface area contributed by atoms with E-state index in [4.69, 9.17) is 0 Å². The Morgan fingerprint density at radius 3 is 3.16 bits per heavy atom. The molecule has 1 fully saturated rings. The van der Waals surface area contributed by atoms with Gasteiger partial charge >= 0.3 is 0 Å². The monoisotopic (exact) mass is 257 g/mol. The highest BCUT2D eigenvalue weighted by atomic mass is 15.2. The minimum absolute atomic E-state index is 0.558. The summed E-state index contributed by atoms with van der Waals surface area (Å²) in [5.74, 6) is 0. The molecule has 1 aliphatic rings. The third kappa shape index (κ3) is 2.83. The first-order valence-corrected chi connectivity index (χ1v) is 6.71. The van der Waals surface area contributed by atoms with Gasteiger partial charge in [0, 0.05) is 55.7 Å². The summed E-state index contributed by atoms with van der Waals surface area (Å²) in [6, 6.07) is 4.57. The van der Waals surface area contributed by atoms with Gasteiger partial charge in [-0.2, -0.15) is 5.10 Å². The molecule has 3 rings (SSSR count).